The maximum absolute atomic E-state index is 9.59. The summed E-state index contributed by atoms with van der Waals surface area (Å²) in [5.41, 5.74) is 0. The van der Waals surface area contributed by atoms with Crippen LogP contribution >= 0.6 is 0 Å². The van der Waals surface area contributed by atoms with Crippen LogP contribution in [0.4, 0.5) is 0 Å². The second-order valence-corrected chi connectivity index (χ2v) is 3.63. The zero-order valence-corrected chi connectivity index (χ0v) is 13.2. The number of rotatable bonds is 1. The van der Waals surface area contributed by atoms with Crippen molar-refractivity contribution in [1.29, 1.82) is 0 Å². The van der Waals surface area contributed by atoms with E-state index in [0.29, 0.717) is 0 Å². The molecule has 5 atom stereocenters. The van der Waals surface area contributed by atoms with Gasteiger partial charge in [-0.05, 0) is 13.3 Å². The second kappa shape index (κ2) is 6.03. The number of aliphatic hydroxyl groups excluding tert-OH is 2. The second-order valence-electron chi connectivity index (χ2n) is 3.63. The van der Waals surface area contributed by atoms with Crippen molar-refractivity contribution < 1.29 is 59.0 Å². The summed E-state index contributed by atoms with van der Waals surface area (Å²) in [5, 5.41) is 19.0. The fraction of sp³-hybridized carbons (Fsp3) is 1.00. The van der Waals surface area contributed by atoms with Gasteiger partial charge in [0.25, 0.3) is 0 Å². The van der Waals surface area contributed by atoms with Crippen LogP contribution < -0.4 is 0 Å². The minimum atomic E-state index is -0.734. The predicted octanol–water partition coefficient (Wildman–Crippen LogP) is 0.542. The first-order valence-corrected chi connectivity index (χ1v) is 4.59. The van der Waals surface area contributed by atoms with Gasteiger partial charge >= 0.3 is 0 Å². The Kier molecular flexibility index (Phi) is 6.64. The van der Waals surface area contributed by atoms with Crippen LogP contribution in [0.2, 0.25) is 0 Å². The molecule has 1 radical (unpaired) electrons. The van der Waals surface area contributed by atoms with E-state index in [4.69, 9.17) is 4.74 Å². The van der Waals surface area contributed by atoms with Crippen molar-refractivity contribution in [2.75, 3.05) is 0 Å². The molecule has 0 amide bonds. The molecule has 1 aliphatic heterocycles. The van der Waals surface area contributed by atoms with E-state index >= 15 is 0 Å². The molecule has 0 aromatic rings. The van der Waals surface area contributed by atoms with Gasteiger partial charge in [0, 0.05) is 50.0 Å². The van der Waals surface area contributed by atoms with Gasteiger partial charge in [-0.25, -0.2) is 0 Å². The van der Waals surface area contributed by atoms with Crippen LogP contribution in [0.3, 0.4) is 0 Å². The number of hydrogen-bond donors (Lipinski definition) is 2. The first-order valence-electron chi connectivity index (χ1n) is 4.59. The van der Waals surface area contributed by atoms with Gasteiger partial charge in [0.05, 0.1) is 18.3 Å². The normalized spacial score (nSPS) is 45.5. The fourth-order valence-corrected chi connectivity index (χ4v) is 1.76. The summed E-state index contributed by atoms with van der Waals surface area (Å²) in [5.74, 6) is 0.0289. The van der Waals surface area contributed by atoms with E-state index in [2.05, 4.69) is 0 Å². The Morgan fingerprint density at radius 2 is 1.69 bits per heavy atom. The minimum Gasteiger partial charge on any atom is -0.390 e. The molecule has 1 aliphatic rings. The van der Waals surface area contributed by atoms with Crippen molar-refractivity contribution in [3.63, 3.8) is 0 Å². The van der Waals surface area contributed by atoms with Gasteiger partial charge in [-0.1, -0.05) is 13.8 Å². The maximum Gasteiger partial charge on any atom is 0.106 e. The third-order valence-corrected chi connectivity index (χ3v) is 2.75. The minimum absolute atomic E-state index is 0. The third-order valence-electron chi connectivity index (χ3n) is 2.75. The summed E-state index contributed by atoms with van der Waals surface area (Å²) in [6.07, 6.45) is -0.656. The number of aliphatic hydroxyl groups is 2. The van der Waals surface area contributed by atoms with Crippen molar-refractivity contribution >= 4 is 0 Å². The Balaban J connectivity index is 0.00000144. The zero-order valence-electron chi connectivity index (χ0n) is 8.47. The van der Waals surface area contributed by atoms with E-state index < -0.39 is 12.2 Å². The molecule has 0 aliphatic carbocycles. The van der Waals surface area contributed by atoms with Gasteiger partial charge < -0.3 is 14.9 Å². The van der Waals surface area contributed by atoms with Crippen LogP contribution in [0.15, 0.2) is 0 Å². The molecule has 4 heteroatoms. The molecule has 0 spiro atoms. The van der Waals surface area contributed by atoms with Crippen LogP contribution in [0.5, 0.6) is 0 Å². The molecule has 1 heterocycles. The van der Waals surface area contributed by atoms with Gasteiger partial charge in [0.2, 0.25) is 0 Å². The largest absolute Gasteiger partial charge is 0.390 e. The Bertz CT molecular complexity index is 149. The van der Waals surface area contributed by atoms with Gasteiger partial charge in [-0.15, -0.1) is 0 Å². The van der Waals surface area contributed by atoms with E-state index in [1.165, 1.54) is 0 Å². The summed E-state index contributed by atoms with van der Waals surface area (Å²) in [6.45, 7) is 5.73. The van der Waals surface area contributed by atoms with E-state index in [9.17, 15) is 10.2 Å². The topological polar surface area (TPSA) is 49.7 Å². The monoisotopic (exact) mass is 401 g/mol. The fourth-order valence-electron chi connectivity index (χ4n) is 1.76. The van der Waals surface area contributed by atoms with Gasteiger partial charge in [0.1, 0.15) is 6.10 Å². The summed E-state index contributed by atoms with van der Waals surface area (Å²) >= 11 is 0. The summed E-state index contributed by atoms with van der Waals surface area (Å²) in [7, 11) is 0. The maximum atomic E-state index is 9.59. The quantitative estimate of drug-likeness (QED) is 0.675. The first kappa shape index (κ1) is 14.3. The molecule has 3 nitrogen and oxygen atoms in total. The van der Waals surface area contributed by atoms with Crippen LogP contribution in [0.1, 0.15) is 27.2 Å². The van der Waals surface area contributed by atoms with Crippen LogP contribution in [-0.2, 0) is 4.74 Å². The molecular weight excluding hydrogens is 383 g/mol. The van der Waals surface area contributed by atoms with Gasteiger partial charge in [-0.2, -0.15) is 0 Å². The Morgan fingerprint density at radius 1 is 1.15 bits per heavy atom. The summed E-state index contributed by atoms with van der Waals surface area (Å²) < 4.78 is 5.52. The van der Waals surface area contributed by atoms with Crippen LogP contribution in [0.25, 0.3) is 0 Å². The Hall–Kier alpha value is 1.32. The molecule has 2 N–H and O–H groups in total. The standard InChI is InChI=1S/C9H18O3.Ac/c1-4-7-5(2)8(10)9(11)6(3)12-7;/h5-11H,4H2,1-3H3;/t5-,6+,7?,8+,9?;/m1./s1. The van der Waals surface area contributed by atoms with E-state index in [0.717, 1.165) is 6.42 Å². The average molecular weight is 401 g/mol. The van der Waals surface area contributed by atoms with Crippen molar-refractivity contribution in [3.05, 3.63) is 0 Å². The molecule has 0 saturated carbocycles. The predicted molar refractivity (Wildman–Crippen MR) is 45.8 cm³/mol. The zero-order chi connectivity index (χ0) is 9.30. The number of ether oxygens (including phenoxy) is 1. The molecule has 1 rings (SSSR count). The molecule has 2 unspecified atom stereocenters. The summed E-state index contributed by atoms with van der Waals surface area (Å²) in [6, 6.07) is 0. The van der Waals surface area contributed by atoms with Crippen molar-refractivity contribution in [2.24, 2.45) is 5.92 Å². The SMILES string of the molecule is CCC1O[C@@H](C)C(O)[C@@H](O)[C@@H]1C.[Ac]. The smallest absolute Gasteiger partial charge is 0.106 e. The first-order chi connectivity index (χ1) is 5.57. The van der Waals surface area contributed by atoms with Gasteiger partial charge in [-0.3, -0.25) is 0 Å². The van der Waals surface area contributed by atoms with Crippen molar-refractivity contribution in [1.82, 2.24) is 0 Å². The van der Waals surface area contributed by atoms with E-state index in [1.54, 1.807) is 6.92 Å². The third kappa shape index (κ3) is 3.14. The molecule has 0 bridgehead atoms. The summed E-state index contributed by atoms with van der Waals surface area (Å²) in [4.78, 5) is 0. The van der Waals surface area contributed by atoms with Crippen molar-refractivity contribution in [3.8, 4) is 0 Å². The number of hydrogen-bond acceptors (Lipinski definition) is 3. The van der Waals surface area contributed by atoms with Gasteiger partial charge in [0.15, 0.2) is 0 Å². The Labute approximate surface area is 115 Å². The molecular formula is C9H18AcO3. The van der Waals surface area contributed by atoms with Crippen LogP contribution in [-0.4, -0.2) is 34.6 Å². The Morgan fingerprint density at radius 3 is 2.15 bits per heavy atom. The molecule has 0 aromatic carbocycles. The molecule has 1 fully saturated rings. The molecule has 1 saturated heterocycles. The average Bonchev–Trinajstić information content (AvgIpc) is 2.08. The molecule has 0 aromatic heterocycles. The van der Waals surface area contributed by atoms with Crippen LogP contribution in [0, 0.1) is 50.0 Å². The van der Waals surface area contributed by atoms with E-state index in [-0.39, 0.29) is 62.2 Å². The molecule has 13 heavy (non-hydrogen) atoms. The van der Waals surface area contributed by atoms with E-state index in [1.807, 2.05) is 13.8 Å². The van der Waals surface area contributed by atoms with Crippen molar-refractivity contribution in [2.45, 2.75) is 51.6 Å². The molecule has 75 valence electrons.